The van der Waals surface area contributed by atoms with Gasteiger partial charge in [0.25, 0.3) is 3.91 Å². The minimum Gasteiger partial charge on any atom is -0.471 e. The number of nitrogen functional groups attached to an aromatic ring is 1. The molecule has 0 spiro atoms. The van der Waals surface area contributed by atoms with Crippen molar-refractivity contribution in [1.29, 1.82) is 0 Å². The van der Waals surface area contributed by atoms with E-state index < -0.39 is 0 Å². The maximum atomic E-state index is 10.9. The van der Waals surface area contributed by atoms with Crippen LogP contribution in [0.5, 0.6) is 5.88 Å². The Morgan fingerprint density at radius 1 is 1.26 bits per heavy atom. The van der Waals surface area contributed by atoms with Gasteiger partial charge in [-0.05, 0) is 11.1 Å². The van der Waals surface area contributed by atoms with E-state index in [1.54, 1.807) is 22.6 Å². The Balaban J connectivity index is 1.67. The van der Waals surface area contributed by atoms with E-state index in [0.29, 0.717) is 30.2 Å². The number of benzene rings is 1. The van der Waals surface area contributed by atoms with E-state index in [4.69, 9.17) is 10.5 Å². The number of nitrogens with zero attached hydrogens (tertiary/aromatic N) is 3. The molecule has 118 valence electrons. The zero-order chi connectivity index (χ0) is 16.2. The summed E-state index contributed by atoms with van der Waals surface area (Å²) >= 11 is 1.70. The van der Waals surface area contributed by atoms with E-state index in [1.165, 1.54) is 6.33 Å². The number of H-pyrrole nitrogens is 1. The van der Waals surface area contributed by atoms with Crippen LogP contribution in [0.2, 0.25) is 0 Å². The molecular weight excluding hydrogens is 411 g/mol. The molecular formula is C14H13IN6O2. The van der Waals surface area contributed by atoms with Crippen LogP contribution in [0, 0.1) is 0 Å². The lowest BCUT2D eigenvalue weighted by Crippen LogP contribution is -2.14. The monoisotopic (exact) mass is 424 g/mol. The maximum absolute atomic E-state index is 10.9. The van der Waals surface area contributed by atoms with Crippen LogP contribution in [0.1, 0.15) is 11.1 Å². The van der Waals surface area contributed by atoms with Gasteiger partial charge in [0.1, 0.15) is 12.1 Å². The van der Waals surface area contributed by atoms with E-state index in [1.807, 2.05) is 24.3 Å². The van der Waals surface area contributed by atoms with Crippen molar-refractivity contribution in [3.63, 3.8) is 0 Å². The van der Waals surface area contributed by atoms with Crippen LogP contribution < -0.4 is 15.8 Å². The number of aromatic amines is 1. The third-order valence-electron chi connectivity index (χ3n) is 3.10. The number of hydrogen-bond donors (Lipinski definition) is 3. The number of fused-ring (bicyclic) bond motifs is 1. The predicted molar refractivity (Wildman–Crippen MR) is 93.1 cm³/mol. The van der Waals surface area contributed by atoms with Crippen molar-refractivity contribution in [3.05, 3.63) is 41.7 Å². The topological polar surface area (TPSA) is 119 Å². The molecule has 0 saturated heterocycles. The van der Waals surface area contributed by atoms with E-state index >= 15 is 0 Å². The minimum absolute atomic E-state index is 0.0834. The summed E-state index contributed by atoms with van der Waals surface area (Å²) in [5.41, 5.74) is 8.71. The van der Waals surface area contributed by atoms with Crippen LogP contribution >= 0.6 is 22.6 Å². The van der Waals surface area contributed by atoms with E-state index in [0.717, 1.165) is 11.1 Å². The largest absolute Gasteiger partial charge is 0.471 e. The molecule has 0 fully saturated rings. The lowest BCUT2D eigenvalue weighted by molar-refractivity contribution is 0.262. The molecule has 9 heteroatoms. The lowest BCUT2D eigenvalue weighted by atomic mass is 10.1. The second kappa shape index (κ2) is 6.77. The fourth-order valence-corrected chi connectivity index (χ4v) is 2.19. The molecule has 1 aromatic carbocycles. The van der Waals surface area contributed by atoms with Gasteiger partial charge < -0.3 is 20.8 Å². The van der Waals surface area contributed by atoms with Gasteiger partial charge in [-0.15, -0.1) is 0 Å². The Kier molecular flexibility index (Phi) is 4.55. The van der Waals surface area contributed by atoms with Crippen molar-refractivity contribution in [1.82, 2.24) is 25.3 Å². The fourth-order valence-electron chi connectivity index (χ4n) is 2.00. The molecule has 0 radical (unpaired) electrons. The summed E-state index contributed by atoms with van der Waals surface area (Å²) in [6.07, 6.45) is 1.52. The molecule has 2 heterocycles. The predicted octanol–water partition coefficient (Wildman–Crippen LogP) is 2.16. The van der Waals surface area contributed by atoms with Gasteiger partial charge in [-0.25, -0.2) is 4.98 Å². The maximum Gasteiger partial charge on any atom is 0.280 e. The van der Waals surface area contributed by atoms with Crippen LogP contribution in [0.15, 0.2) is 30.6 Å². The molecule has 23 heavy (non-hydrogen) atoms. The first kappa shape index (κ1) is 15.5. The quantitative estimate of drug-likeness (QED) is 0.328. The molecule has 0 aliphatic rings. The van der Waals surface area contributed by atoms with Crippen LogP contribution in [-0.2, 0) is 13.2 Å². The summed E-state index contributed by atoms with van der Waals surface area (Å²) in [6, 6.07) is 7.74. The number of nitrogens with one attached hydrogen (secondary N) is 2. The first-order valence-electron chi connectivity index (χ1n) is 6.72. The Morgan fingerprint density at radius 3 is 2.74 bits per heavy atom. The van der Waals surface area contributed by atoms with Crippen LogP contribution in [-0.4, -0.2) is 23.8 Å². The fraction of sp³-hybridized carbons (Fsp3) is 0.143. The number of carbonyl (C=O) groups is 1. The molecule has 0 atom stereocenters. The number of rotatable bonds is 5. The standard InChI is InChI=1S/C14H13IN6O2/c15-13(22)17-5-8-1-3-9(4-2-8)6-23-12-10-11(19-7-18-10)20-14(16)21-12/h1-4,7H,5-6H2,(H,17,22)(H3,16,18,19,20,21). The Hall–Kier alpha value is -2.43. The third kappa shape index (κ3) is 3.86. The van der Waals surface area contributed by atoms with Crippen LogP contribution in [0.25, 0.3) is 11.2 Å². The number of amides is 1. The van der Waals surface area contributed by atoms with Gasteiger partial charge in [0, 0.05) is 29.1 Å². The molecule has 3 rings (SSSR count). The minimum atomic E-state index is -0.0834. The van der Waals surface area contributed by atoms with Crippen molar-refractivity contribution in [3.8, 4) is 5.88 Å². The average Bonchev–Trinajstić information content (AvgIpc) is 2.99. The summed E-state index contributed by atoms with van der Waals surface area (Å²) in [6.45, 7) is 0.837. The Bertz CT molecular complexity index is 833. The van der Waals surface area contributed by atoms with Gasteiger partial charge in [-0.3, -0.25) is 4.79 Å². The first-order chi connectivity index (χ1) is 11.1. The number of ether oxygens (including phenoxy) is 1. The highest BCUT2D eigenvalue weighted by atomic mass is 127. The number of nitrogens with two attached hydrogens (primary N) is 1. The molecule has 0 aliphatic carbocycles. The molecule has 0 saturated carbocycles. The molecule has 3 aromatic rings. The molecule has 1 amide bonds. The second-order valence-corrected chi connectivity index (χ2v) is 5.70. The van der Waals surface area contributed by atoms with Crippen molar-refractivity contribution in [2.45, 2.75) is 13.2 Å². The zero-order valence-electron chi connectivity index (χ0n) is 11.9. The highest BCUT2D eigenvalue weighted by molar-refractivity contribution is 14.1. The Morgan fingerprint density at radius 2 is 2.00 bits per heavy atom. The van der Waals surface area contributed by atoms with E-state index in [9.17, 15) is 4.79 Å². The number of halogens is 1. The zero-order valence-corrected chi connectivity index (χ0v) is 14.1. The summed E-state index contributed by atoms with van der Waals surface area (Å²) in [5, 5.41) is 2.74. The second-order valence-electron chi connectivity index (χ2n) is 4.72. The lowest BCUT2D eigenvalue weighted by Gasteiger charge is -2.07. The van der Waals surface area contributed by atoms with Crippen molar-refractivity contribution in [2.75, 3.05) is 5.73 Å². The number of carbonyl (C=O) groups excluding carboxylic acids is 1. The van der Waals surface area contributed by atoms with E-state index in [2.05, 4.69) is 25.3 Å². The van der Waals surface area contributed by atoms with Gasteiger partial charge in [0.2, 0.25) is 11.8 Å². The van der Waals surface area contributed by atoms with Gasteiger partial charge in [0.15, 0.2) is 5.65 Å². The average molecular weight is 424 g/mol. The van der Waals surface area contributed by atoms with Crippen LogP contribution in [0.3, 0.4) is 0 Å². The molecule has 4 N–H and O–H groups in total. The number of aromatic nitrogens is 4. The third-order valence-corrected chi connectivity index (χ3v) is 3.48. The molecule has 0 unspecified atom stereocenters. The van der Waals surface area contributed by atoms with Crippen molar-refractivity contribution >= 4 is 43.6 Å². The molecule has 0 bridgehead atoms. The highest BCUT2D eigenvalue weighted by Gasteiger charge is 2.09. The van der Waals surface area contributed by atoms with Crippen LogP contribution in [0.4, 0.5) is 10.7 Å². The van der Waals surface area contributed by atoms with Gasteiger partial charge in [0.05, 0.1) is 6.33 Å². The summed E-state index contributed by atoms with van der Waals surface area (Å²) < 4.78 is 5.63. The smallest absolute Gasteiger partial charge is 0.280 e. The number of imidazole rings is 1. The first-order valence-corrected chi connectivity index (χ1v) is 7.80. The summed E-state index contributed by atoms with van der Waals surface area (Å²) in [7, 11) is 0. The normalized spacial score (nSPS) is 10.7. The molecule has 2 aromatic heterocycles. The summed E-state index contributed by atoms with van der Waals surface area (Å²) in [4.78, 5) is 25.9. The SMILES string of the molecule is Nc1nc(OCc2ccc(CNC(=O)I)cc2)c2[nH]cnc2n1. The Labute approximate surface area is 145 Å². The summed E-state index contributed by atoms with van der Waals surface area (Å²) in [5.74, 6) is 0.482. The molecule has 8 nitrogen and oxygen atoms in total. The highest BCUT2D eigenvalue weighted by Crippen LogP contribution is 2.20. The number of hydrogen-bond acceptors (Lipinski definition) is 6. The van der Waals surface area contributed by atoms with Crippen molar-refractivity contribution < 1.29 is 9.53 Å². The van der Waals surface area contributed by atoms with Gasteiger partial charge >= 0.3 is 0 Å². The van der Waals surface area contributed by atoms with Gasteiger partial charge in [-0.1, -0.05) is 24.3 Å². The van der Waals surface area contributed by atoms with Gasteiger partial charge in [-0.2, -0.15) is 9.97 Å². The molecule has 0 aliphatic heterocycles. The number of anilines is 1. The van der Waals surface area contributed by atoms with E-state index in [-0.39, 0.29) is 9.86 Å². The van der Waals surface area contributed by atoms with Crippen molar-refractivity contribution in [2.24, 2.45) is 0 Å².